The highest BCUT2D eigenvalue weighted by Gasteiger charge is 2.36. The van der Waals surface area contributed by atoms with Gasteiger partial charge in [-0.05, 0) is 37.8 Å². The monoisotopic (exact) mass is 383 g/mol. The maximum absolute atomic E-state index is 12.8. The number of nitrogens with zero attached hydrogens (tertiary/aromatic N) is 1. The summed E-state index contributed by atoms with van der Waals surface area (Å²) in [5.41, 5.74) is 0.952. The highest BCUT2D eigenvalue weighted by Crippen LogP contribution is 2.25. The zero-order valence-corrected chi connectivity index (χ0v) is 15.9. The van der Waals surface area contributed by atoms with E-state index in [2.05, 4.69) is 10.6 Å². The molecular weight excluding hydrogens is 358 g/mol. The molecule has 3 N–H and O–H groups in total. The van der Waals surface area contributed by atoms with E-state index in [9.17, 15) is 18.0 Å². The van der Waals surface area contributed by atoms with Gasteiger partial charge in [0.15, 0.2) is 0 Å². The molecule has 8 nitrogen and oxygen atoms in total. The summed E-state index contributed by atoms with van der Waals surface area (Å²) in [5, 5.41) is 14.1. The second kappa shape index (κ2) is 8.05. The number of carbonyl (C=O) groups excluding carboxylic acids is 1. The molecule has 1 saturated heterocycles. The van der Waals surface area contributed by atoms with E-state index in [4.69, 9.17) is 5.11 Å². The Hall–Kier alpha value is -2.13. The van der Waals surface area contributed by atoms with Gasteiger partial charge in [0.2, 0.25) is 10.0 Å². The summed E-state index contributed by atoms with van der Waals surface area (Å²) in [5.74, 6) is -1.43. The number of aliphatic carboxylic acids is 1. The number of sulfonamides is 1. The molecule has 1 aliphatic rings. The van der Waals surface area contributed by atoms with Crippen molar-refractivity contribution in [2.75, 3.05) is 6.54 Å². The molecule has 0 radical (unpaired) electrons. The third kappa shape index (κ3) is 4.53. The maximum Gasteiger partial charge on any atom is 0.326 e. The summed E-state index contributed by atoms with van der Waals surface area (Å²) in [7, 11) is -3.74. The molecule has 2 atom stereocenters. The Balaban J connectivity index is 2.11. The lowest BCUT2D eigenvalue weighted by molar-refractivity contribution is -0.140. The molecule has 1 aromatic rings. The van der Waals surface area contributed by atoms with Gasteiger partial charge in [0.1, 0.15) is 6.04 Å². The molecule has 0 spiro atoms. The molecule has 1 fully saturated rings. The van der Waals surface area contributed by atoms with Gasteiger partial charge in [-0.15, -0.1) is 0 Å². The Bertz CT molecular complexity index is 761. The molecule has 1 heterocycles. The lowest BCUT2D eigenvalue weighted by Crippen LogP contribution is -2.54. The van der Waals surface area contributed by atoms with Gasteiger partial charge in [-0.1, -0.05) is 31.5 Å². The van der Waals surface area contributed by atoms with Crippen molar-refractivity contribution in [2.45, 2.75) is 50.7 Å². The van der Waals surface area contributed by atoms with Crippen molar-refractivity contribution in [2.24, 2.45) is 5.92 Å². The fourth-order valence-corrected chi connectivity index (χ4v) is 4.48. The van der Waals surface area contributed by atoms with Gasteiger partial charge in [-0.25, -0.2) is 18.0 Å². The number of carboxylic acid groups (broad SMARTS) is 1. The van der Waals surface area contributed by atoms with Crippen LogP contribution in [0.5, 0.6) is 0 Å². The number of hydrogen-bond acceptors (Lipinski definition) is 4. The molecule has 9 heteroatoms. The third-order valence-electron chi connectivity index (χ3n) is 4.35. The van der Waals surface area contributed by atoms with Crippen molar-refractivity contribution in [1.29, 1.82) is 0 Å². The molecule has 26 heavy (non-hydrogen) atoms. The number of carboxylic acids is 1. The molecule has 0 unspecified atom stereocenters. The van der Waals surface area contributed by atoms with Crippen molar-refractivity contribution in [3.63, 3.8) is 0 Å². The minimum atomic E-state index is -3.74. The quantitative estimate of drug-likeness (QED) is 0.689. The second-order valence-electron chi connectivity index (χ2n) is 6.76. The van der Waals surface area contributed by atoms with Crippen molar-refractivity contribution >= 4 is 22.0 Å². The Kier molecular flexibility index (Phi) is 6.25. The summed E-state index contributed by atoms with van der Waals surface area (Å²) >= 11 is 0. The zero-order chi connectivity index (χ0) is 19.5. The molecule has 0 aromatic heterocycles. The van der Waals surface area contributed by atoms with Gasteiger partial charge in [0.25, 0.3) is 0 Å². The first kappa shape index (κ1) is 20.2. The van der Waals surface area contributed by atoms with Crippen LogP contribution in [-0.4, -0.2) is 48.6 Å². The highest BCUT2D eigenvalue weighted by molar-refractivity contribution is 7.89. The lowest BCUT2D eigenvalue weighted by atomic mass is 10.1. The summed E-state index contributed by atoms with van der Waals surface area (Å²) in [4.78, 5) is 23.5. The Morgan fingerprint density at radius 1 is 1.23 bits per heavy atom. The Morgan fingerprint density at radius 3 is 2.38 bits per heavy atom. The van der Waals surface area contributed by atoms with Crippen LogP contribution in [0.2, 0.25) is 0 Å². The average Bonchev–Trinajstić information content (AvgIpc) is 3.01. The summed E-state index contributed by atoms with van der Waals surface area (Å²) < 4.78 is 26.9. The van der Waals surface area contributed by atoms with Crippen LogP contribution >= 0.6 is 0 Å². The SMILES string of the molecule is Cc1ccc(S(=O)(=O)N2CCC[C@H]2NC(=O)N[C@@H](C(=O)O)C(C)C)cc1. The summed E-state index contributed by atoms with van der Waals surface area (Å²) in [6.45, 7) is 5.54. The molecule has 0 saturated carbocycles. The zero-order valence-electron chi connectivity index (χ0n) is 15.1. The maximum atomic E-state index is 12.8. The molecule has 0 aliphatic carbocycles. The highest BCUT2D eigenvalue weighted by atomic mass is 32.2. The van der Waals surface area contributed by atoms with Gasteiger partial charge in [-0.2, -0.15) is 4.31 Å². The molecule has 1 aromatic carbocycles. The summed E-state index contributed by atoms with van der Waals surface area (Å²) in [6.07, 6.45) is 0.378. The fourth-order valence-electron chi connectivity index (χ4n) is 2.87. The minimum absolute atomic E-state index is 0.169. The van der Waals surface area contributed by atoms with Crippen LogP contribution in [0, 0.1) is 12.8 Å². The van der Waals surface area contributed by atoms with E-state index in [0.29, 0.717) is 19.4 Å². The van der Waals surface area contributed by atoms with Crippen LogP contribution in [-0.2, 0) is 14.8 Å². The topological polar surface area (TPSA) is 116 Å². The van der Waals surface area contributed by atoms with Crippen LogP contribution in [0.4, 0.5) is 4.79 Å². The predicted molar refractivity (Wildman–Crippen MR) is 96.0 cm³/mol. The molecule has 0 bridgehead atoms. The largest absolute Gasteiger partial charge is 0.480 e. The second-order valence-corrected chi connectivity index (χ2v) is 8.66. The van der Waals surface area contributed by atoms with Gasteiger partial charge in [0.05, 0.1) is 11.1 Å². The molecule has 1 aliphatic heterocycles. The van der Waals surface area contributed by atoms with Crippen molar-refractivity contribution in [3.8, 4) is 0 Å². The number of rotatable bonds is 6. The normalized spacial score (nSPS) is 19.3. The predicted octanol–water partition coefficient (Wildman–Crippen LogP) is 1.51. The molecule has 2 amide bonds. The van der Waals surface area contributed by atoms with Crippen LogP contribution in [0.1, 0.15) is 32.3 Å². The molecule has 144 valence electrons. The number of hydrogen-bond donors (Lipinski definition) is 3. The summed E-state index contributed by atoms with van der Waals surface area (Å²) in [6, 6.07) is 4.79. The van der Waals surface area contributed by atoms with E-state index in [0.717, 1.165) is 5.56 Å². The molecule has 2 rings (SSSR count). The number of amides is 2. The standard InChI is InChI=1S/C17H25N3O5S/c1-11(2)15(16(21)22)19-17(23)18-14-5-4-10-20(14)26(24,25)13-8-6-12(3)7-9-13/h6-9,11,14-15H,4-5,10H2,1-3H3,(H,21,22)(H2,18,19,23)/t14-,15+/m0/s1. The molecular formula is C17H25N3O5S. The van der Waals surface area contributed by atoms with Gasteiger partial charge in [-0.3, -0.25) is 0 Å². The smallest absolute Gasteiger partial charge is 0.326 e. The third-order valence-corrected chi connectivity index (χ3v) is 6.27. The van der Waals surface area contributed by atoms with E-state index >= 15 is 0 Å². The Morgan fingerprint density at radius 2 is 1.85 bits per heavy atom. The van der Waals surface area contributed by atoms with Crippen molar-refractivity contribution in [3.05, 3.63) is 29.8 Å². The van der Waals surface area contributed by atoms with Crippen molar-refractivity contribution < 1.29 is 23.1 Å². The van der Waals surface area contributed by atoms with Gasteiger partial charge < -0.3 is 15.7 Å². The fraction of sp³-hybridized carbons (Fsp3) is 0.529. The van der Waals surface area contributed by atoms with Crippen LogP contribution < -0.4 is 10.6 Å². The van der Waals surface area contributed by atoms with E-state index in [1.54, 1.807) is 38.1 Å². The van der Waals surface area contributed by atoms with Gasteiger partial charge >= 0.3 is 12.0 Å². The lowest BCUT2D eigenvalue weighted by Gasteiger charge is -2.26. The van der Waals surface area contributed by atoms with Crippen LogP contribution in [0.15, 0.2) is 29.2 Å². The number of carbonyl (C=O) groups is 2. The number of nitrogens with one attached hydrogen (secondary N) is 2. The van der Waals surface area contributed by atoms with Gasteiger partial charge in [0, 0.05) is 6.54 Å². The van der Waals surface area contributed by atoms with E-state index in [-0.39, 0.29) is 10.8 Å². The minimum Gasteiger partial charge on any atom is -0.480 e. The van der Waals surface area contributed by atoms with E-state index < -0.39 is 34.2 Å². The first-order chi connectivity index (χ1) is 12.1. The van der Waals surface area contributed by atoms with Crippen molar-refractivity contribution in [1.82, 2.24) is 14.9 Å². The van der Waals surface area contributed by atoms with E-state index in [1.165, 1.54) is 4.31 Å². The number of aryl methyl sites for hydroxylation is 1. The number of benzene rings is 1. The van der Waals surface area contributed by atoms with Crippen LogP contribution in [0.3, 0.4) is 0 Å². The first-order valence-electron chi connectivity index (χ1n) is 8.51. The van der Waals surface area contributed by atoms with E-state index in [1.807, 2.05) is 6.92 Å². The number of urea groups is 1. The average molecular weight is 383 g/mol. The van der Waals surface area contributed by atoms with Crippen LogP contribution in [0.25, 0.3) is 0 Å². The Labute approximate surface area is 153 Å². The first-order valence-corrected chi connectivity index (χ1v) is 9.95.